The zero-order valence-electron chi connectivity index (χ0n) is 14.9. The van der Waals surface area contributed by atoms with E-state index in [-0.39, 0.29) is 38.2 Å². The average Bonchev–Trinajstić information content (AvgIpc) is 2.67. The van der Waals surface area contributed by atoms with Crippen molar-refractivity contribution in [1.29, 1.82) is 0 Å². The third kappa shape index (κ3) is 5.16. The molecule has 1 N–H and O–H groups in total. The summed E-state index contributed by atoms with van der Waals surface area (Å²) in [6.07, 6.45) is -0.394. The number of carbonyl (C=O) groups is 2. The Balaban J connectivity index is 1.60. The lowest BCUT2D eigenvalue weighted by Crippen LogP contribution is -2.44. The van der Waals surface area contributed by atoms with Gasteiger partial charge >= 0.3 is 5.97 Å². The molecule has 1 aliphatic heterocycles. The van der Waals surface area contributed by atoms with E-state index in [2.05, 4.69) is 0 Å². The van der Waals surface area contributed by atoms with Gasteiger partial charge in [-0.25, -0.2) is 0 Å². The molecule has 2 aromatic carbocycles. The minimum absolute atomic E-state index is 0.0620. The van der Waals surface area contributed by atoms with E-state index in [1.165, 1.54) is 4.90 Å². The maximum absolute atomic E-state index is 11.9. The van der Waals surface area contributed by atoms with Crippen LogP contribution in [0.15, 0.2) is 42.5 Å². The predicted molar refractivity (Wildman–Crippen MR) is 105 cm³/mol. The highest BCUT2D eigenvalue weighted by Crippen LogP contribution is 2.28. The van der Waals surface area contributed by atoms with Gasteiger partial charge < -0.3 is 19.5 Å². The van der Waals surface area contributed by atoms with Crippen molar-refractivity contribution in [3.05, 3.63) is 63.6 Å². The molecule has 1 heterocycles. The summed E-state index contributed by atoms with van der Waals surface area (Å²) in [6, 6.07) is 12.6. The first-order valence-corrected chi connectivity index (χ1v) is 9.46. The number of hydrogen-bond acceptors (Lipinski definition) is 4. The predicted octanol–water partition coefficient (Wildman–Crippen LogP) is 3.95. The number of carboxylic acid groups (broad SMARTS) is 1. The number of benzene rings is 2. The largest absolute Gasteiger partial charge is 0.489 e. The van der Waals surface area contributed by atoms with Crippen LogP contribution < -0.4 is 4.74 Å². The van der Waals surface area contributed by atoms with E-state index in [1.54, 1.807) is 18.2 Å². The number of ether oxygens (including phenoxy) is 2. The molecular formula is C20H19Cl2NO5. The van der Waals surface area contributed by atoms with Gasteiger partial charge in [-0.2, -0.15) is 0 Å². The lowest BCUT2D eigenvalue weighted by Gasteiger charge is -2.32. The van der Waals surface area contributed by atoms with Crippen molar-refractivity contribution in [3.8, 4) is 5.75 Å². The molecule has 6 nitrogen and oxygen atoms in total. The van der Waals surface area contributed by atoms with Crippen molar-refractivity contribution >= 4 is 35.1 Å². The summed E-state index contributed by atoms with van der Waals surface area (Å²) in [6.45, 7) is 0.679. The van der Waals surface area contributed by atoms with Gasteiger partial charge in [0.1, 0.15) is 25.1 Å². The monoisotopic (exact) mass is 423 g/mol. The normalized spacial score (nSPS) is 16.9. The number of carboxylic acids is 1. The summed E-state index contributed by atoms with van der Waals surface area (Å²) < 4.78 is 11.4. The molecule has 0 saturated carbocycles. The molecule has 8 heteroatoms. The van der Waals surface area contributed by atoms with Gasteiger partial charge in [-0.05, 0) is 29.8 Å². The fourth-order valence-corrected chi connectivity index (χ4v) is 3.38. The third-order valence-electron chi connectivity index (χ3n) is 4.44. The lowest BCUT2D eigenvalue weighted by atomic mass is 10.1. The Bertz CT molecular complexity index is 836. The third-order valence-corrected chi connectivity index (χ3v) is 5.15. The zero-order chi connectivity index (χ0) is 20.1. The van der Waals surface area contributed by atoms with Crippen molar-refractivity contribution in [2.24, 2.45) is 0 Å². The molecule has 2 aromatic rings. The highest BCUT2D eigenvalue weighted by molar-refractivity contribution is 6.35. The van der Waals surface area contributed by atoms with Gasteiger partial charge in [0.15, 0.2) is 0 Å². The molecule has 148 valence electrons. The van der Waals surface area contributed by atoms with E-state index in [0.717, 1.165) is 11.1 Å². The Kier molecular flexibility index (Phi) is 6.78. The Labute approximate surface area is 172 Å². The summed E-state index contributed by atoms with van der Waals surface area (Å²) in [4.78, 5) is 24.1. The molecule has 1 aliphatic rings. The Morgan fingerprint density at radius 3 is 2.50 bits per heavy atom. The SMILES string of the molecule is O=C(O)CCN1CC(c2ccc(OCc3c(Cl)cccc3Cl)cc2)OCC1=O. The van der Waals surface area contributed by atoms with Gasteiger partial charge in [-0.1, -0.05) is 41.4 Å². The fraction of sp³-hybridized carbons (Fsp3) is 0.300. The number of hydrogen-bond donors (Lipinski definition) is 1. The summed E-state index contributed by atoms with van der Waals surface area (Å²) in [7, 11) is 0. The van der Waals surface area contributed by atoms with Crippen LogP contribution in [-0.4, -0.2) is 41.6 Å². The van der Waals surface area contributed by atoms with Gasteiger partial charge in [0.05, 0.1) is 13.0 Å². The summed E-state index contributed by atoms with van der Waals surface area (Å²) in [5.41, 5.74) is 1.61. The van der Waals surface area contributed by atoms with Crippen LogP contribution in [0.5, 0.6) is 5.75 Å². The van der Waals surface area contributed by atoms with Crippen molar-refractivity contribution in [2.45, 2.75) is 19.1 Å². The molecular weight excluding hydrogens is 405 g/mol. The van der Waals surface area contributed by atoms with Crippen molar-refractivity contribution in [1.82, 2.24) is 4.90 Å². The molecule has 0 aromatic heterocycles. The molecule has 1 amide bonds. The number of halogens is 2. The maximum atomic E-state index is 11.9. The van der Waals surface area contributed by atoms with Gasteiger partial charge in [0.2, 0.25) is 5.91 Å². The number of rotatable bonds is 7. The van der Waals surface area contributed by atoms with Gasteiger partial charge in [-0.3, -0.25) is 9.59 Å². The van der Waals surface area contributed by atoms with E-state index in [4.69, 9.17) is 37.8 Å². The minimum Gasteiger partial charge on any atom is -0.489 e. The molecule has 1 atom stereocenters. The Morgan fingerprint density at radius 1 is 1.18 bits per heavy atom. The van der Waals surface area contributed by atoms with E-state index >= 15 is 0 Å². The highest BCUT2D eigenvalue weighted by atomic mass is 35.5. The first kappa shape index (κ1) is 20.5. The number of morpholine rings is 1. The molecule has 0 aliphatic carbocycles. The zero-order valence-corrected chi connectivity index (χ0v) is 16.4. The van der Waals surface area contributed by atoms with Crippen LogP contribution >= 0.6 is 23.2 Å². The molecule has 1 unspecified atom stereocenters. The van der Waals surface area contributed by atoms with Gasteiger partial charge in [0, 0.05) is 22.2 Å². The first-order valence-electron chi connectivity index (χ1n) is 8.71. The second kappa shape index (κ2) is 9.28. The van der Waals surface area contributed by atoms with Gasteiger partial charge in [-0.15, -0.1) is 0 Å². The molecule has 0 bridgehead atoms. The van der Waals surface area contributed by atoms with Crippen LogP contribution in [0.3, 0.4) is 0 Å². The molecule has 3 rings (SSSR count). The van der Waals surface area contributed by atoms with Gasteiger partial charge in [0.25, 0.3) is 0 Å². The maximum Gasteiger partial charge on any atom is 0.305 e. The molecule has 0 radical (unpaired) electrons. The summed E-state index contributed by atoms with van der Waals surface area (Å²) >= 11 is 12.3. The second-order valence-electron chi connectivity index (χ2n) is 6.34. The quantitative estimate of drug-likeness (QED) is 0.729. The lowest BCUT2D eigenvalue weighted by molar-refractivity contribution is -0.150. The van der Waals surface area contributed by atoms with Crippen LogP contribution in [0.4, 0.5) is 0 Å². The number of aliphatic carboxylic acids is 1. The molecule has 1 saturated heterocycles. The number of carbonyl (C=O) groups excluding carboxylic acids is 1. The fourth-order valence-electron chi connectivity index (χ4n) is 2.87. The van der Waals surface area contributed by atoms with E-state index < -0.39 is 5.97 Å². The van der Waals surface area contributed by atoms with Crippen LogP contribution in [0, 0.1) is 0 Å². The smallest absolute Gasteiger partial charge is 0.305 e. The summed E-state index contributed by atoms with van der Waals surface area (Å²) in [5, 5.41) is 9.91. The number of nitrogens with zero attached hydrogens (tertiary/aromatic N) is 1. The average molecular weight is 424 g/mol. The topological polar surface area (TPSA) is 76.1 Å². The van der Waals surface area contributed by atoms with Crippen LogP contribution in [0.2, 0.25) is 10.0 Å². The van der Waals surface area contributed by atoms with Crippen LogP contribution in [-0.2, 0) is 20.9 Å². The van der Waals surface area contributed by atoms with E-state index in [0.29, 0.717) is 22.3 Å². The van der Waals surface area contributed by atoms with Crippen molar-refractivity contribution < 1.29 is 24.2 Å². The first-order chi connectivity index (χ1) is 13.4. The highest BCUT2D eigenvalue weighted by Gasteiger charge is 2.27. The van der Waals surface area contributed by atoms with Crippen LogP contribution in [0.25, 0.3) is 0 Å². The van der Waals surface area contributed by atoms with Crippen molar-refractivity contribution in [3.63, 3.8) is 0 Å². The molecule has 0 spiro atoms. The number of amides is 1. The van der Waals surface area contributed by atoms with E-state index in [1.807, 2.05) is 24.3 Å². The van der Waals surface area contributed by atoms with E-state index in [9.17, 15) is 9.59 Å². The van der Waals surface area contributed by atoms with Crippen LogP contribution in [0.1, 0.15) is 23.7 Å². The van der Waals surface area contributed by atoms with Crippen molar-refractivity contribution in [2.75, 3.05) is 19.7 Å². The summed E-state index contributed by atoms with van der Waals surface area (Å²) in [5.74, 6) is -0.487. The standard InChI is InChI=1S/C20H19Cl2NO5/c21-16-2-1-3-17(22)15(16)11-27-14-6-4-13(5-7-14)18-10-23(9-8-20(25)26)19(24)12-28-18/h1-7,18H,8-12H2,(H,25,26). The molecule has 1 fully saturated rings. The molecule has 28 heavy (non-hydrogen) atoms. The Morgan fingerprint density at radius 2 is 1.86 bits per heavy atom. The minimum atomic E-state index is -0.934. The second-order valence-corrected chi connectivity index (χ2v) is 7.16. The Hall–Kier alpha value is -2.28.